The summed E-state index contributed by atoms with van der Waals surface area (Å²) in [4.78, 5) is 0. The molecule has 0 radical (unpaired) electrons. The molecule has 0 spiro atoms. The quantitative estimate of drug-likeness (QED) is 0.564. The normalized spacial score (nSPS) is 15.0. The molecule has 1 aliphatic heterocycles. The van der Waals surface area contributed by atoms with Crippen molar-refractivity contribution in [2.45, 2.75) is 19.8 Å². The first-order chi connectivity index (χ1) is 4.43. The van der Waals surface area contributed by atoms with E-state index in [2.05, 4.69) is 6.92 Å². The van der Waals surface area contributed by atoms with Crippen LogP contribution < -0.4 is 0 Å². The minimum absolute atomic E-state index is 0.608. The predicted octanol–water partition coefficient (Wildman–Crippen LogP) is 2.15. The molecule has 1 heterocycles. The molecule has 2 heteroatoms. The lowest BCUT2D eigenvalue weighted by Gasteiger charge is -1.93. The van der Waals surface area contributed by atoms with Gasteiger partial charge < -0.3 is 9.47 Å². The van der Waals surface area contributed by atoms with E-state index < -0.39 is 0 Å². The first-order valence-corrected chi connectivity index (χ1v) is 3.12. The molecule has 1 aliphatic rings. The maximum absolute atomic E-state index is 4.91. The molecule has 0 aromatic carbocycles. The van der Waals surface area contributed by atoms with Crippen LogP contribution in [0.2, 0.25) is 0 Å². The highest BCUT2D eigenvalue weighted by Crippen LogP contribution is 2.09. The van der Waals surface area contributed by atoms with Crippen LogP contribution in [0.1, 0.15) is 19.8 Å². The third-order valence-corrected chi connectivity index (χ3v) is 1.02. The molecule has 0 N–H and O–H groups in total. The van der Waals surface area contributed by atoms with Gasteiger partial charge in [0.25, 0.3) is 5.95 Å². The summed E-state index contributed by atoms with van der Waals surface area (Å²) in [5.74, 6) is 0.608. The van der Waals surface area contributed by atoms with Gasteiger partial charge in [0.1, 0.15) is 12.5 Å². The van der Waals surface area contributed by atoms with Crippen LogP contribution in [0.4, 0.5) is 0 Å². The first kappa shape index (κ1) is 6.20. The van der Waals surface area contributed by atoms with E-state index in [0.717, 1.165) is 12.8 Å². The van der Waals surface area contributed by atoms with Crippen molar-refractivity contribution in [2.24, 2.45) is 0 Å². The minimum Gasteiger partial charge on any atom is -0.431 e. The van der Waals surface area contributed by atoms with Crippen molar-refractivity contribution in [1.29, 1.82) is 0 Å². The zero-order valence-corrected chi connectivity index (χ0v) is 5.46. The van der Waals surface area contributed by atoms with Crippen LogP contribution in [-0.4, -0.2) is 0 Å². The van der Waals surface area contributed by atoms with E-state index in [-0.39, 0.29) is 0 Å². The van der Waals surface area contributed by atoms with E-state index in [4.69, 9.17) is 9.47 Å². The van der Waals surface area contributed by atoms with E-state index >= 15 is 0 Å². The van der Waals surface area contributed by atoms with E-state index in [1.54, 1.807) is 0 Å². The van der Waals surface area contributed by atoms with Gasteiger partial charge in [0.15, 0.2) is 0 Å². The smallest absolute Gasteiger partial charge is 0.285 e. The zero-order valence-electron chi connectivity index (χ0n) is 5.46. The SMILES string of the molecule is CCCC=C1OC=CO1. The second-order valence-corrected chi connectivity index (χ2v) is 1.82. The van der Waals surface area contributed by atoms with Gasteiger partial charge in [-0.2, -0.15) is 0 Å². The lowest BCUT2D eigenvalue weighted by Crippen LogP contribution is -1.78. The standard InChI is InChI=1S/C7H10O2/c1-2-3-4-7-8-5-6-9-7/h4-6H,2-3H2,1H3. The van der Waals surface area contributed by atoms with Gasteiger partial charge in [0.2, 0.25) is 0 Å². The Morgan fingerprint density at radius 3 is 2.67 bits per heavy atom. The van der Waals surface area contributed by atoms with Crippen LogP contribution in [0.3, 0.4) is 0 Å². The molecule has 2 nitrogen and oxygen atoms in total. The van der Waals surface area contributed by atoms with Crippen LogP contribution in [0, 0.1) is 0 Å². The Morgan fingerprint density at radius 2 is 2.11 bits per heavy atom. The fraction of sp³-hybridized carbons (Fsp3) is 0.429. The van der Waals surface area contributed by atoms with Crippen molar-refractivity contribution in [3.63, 3.8) is 0 Å². The maximum Gasteiger partial charge on any atom is 0.285 e. The third-order valence-electron chi connectivity index (χ3n) is 1.02. The Labute approximate surface area is 54.8 Å². The third kappa shape index (κ3) is 1.80. The number of rotatable bonds is 2. The molecule has 0 fully saturated rings. The zero-order chi connectivity index (χ0) is 6.53. The Bertz CT molecular complexity index is 126. The highest BCUT2D eigenvalue weighted by Gasteiger charge is 1.99. The van der Waals surface area contributed by atoms with Crippen molar-refractivity contribution in [3.05, 3.63) is 24.5 Å². The Balaban J connectivity index is 2.26. The van der Waals surface area contributed by atoms with Gasteiger partial charge in [-0.1, -0.05) is 13.3 Å². The van der Waals surface area contributed by atoms with Crippen LogP contribution >= 0.6 is 0 Å². The van der Waals surface area contributed by atoms with Crippen molar-refractivity contribution in [2.75, 3.05) is 0 Å². The van der Waals surface area contributed by atoms with Gasteiger partial charge in [0, 0.05) is 0 Å². The fourth-order valence-electron chi connectivity index (χ4n) is 0.576. The fourth-order valence-corrected chi connectivity index (χ4v) is 0.576. The number of unbranched alkanes of at least 4 members (excludes halogenated alkanes) is 1. The molecule has 0 atom stereocenters. The number of allylic oxidation sites excluding steroid dienone is 1. The van der Waals surface area contributed by atoms with Gasteiger partial charge in [-0.15, -0.1) is 0 Å². The number of hydrogen-bond donors (Lipinski definition) is 0. The van der Waals surface area contributed by atoms with Crippen molar-refractivity contribution >= 4 is 0 Å². The predicted molar refractivity (Wildman–Crippen MR) is 34.3 cm³/mol. The Hall–Kier alpha value is -0.920. The number of hydrogen-bond acceptors (Lipinski definition) is 2. The van der Waals surface area contributed by atoms with Crippen molar-refractivity contribution in [3.8, 4) is 0 Å². The summed E-state index contributed by atoms with van der Waals surface area (Å²) in [7, 11) is 0. The second kappa shape index (κ2) is 3.17. The van der Waals surface area contributed by atoms with Crippen molar-refractivity contribution in [1.82, 2.24) is 0 Å². The van der Waals surface area contributed by atoms with Crippen LogP contribution in [0.15, 0.2) is 24.5 Å². The average Bonchev–Trinajstić information content (AvgIpc) is 2.34. The van der Waals surface area contributed by atoms with Gasteiger partial charge in [-0.05, 0) is 12.5 Å². The summed E-state index contributed by atoms with van der Waals surface area (Å²) in [5, 5.41) is 0. The lowest BCUT2D eigenvalue weighted by molar-refractivity contribution is 0.199. The molecule has 1 rings (SSSR count). The molecule has 0 bridgehead atoms. The molecule has 0 saturated carbocycles. The van der Waals surface area contributed by atoms with E-state index in [1.807, 2.05) is 6.08 Å². The van der Waals surface area contributed by atoms with Crippen molar-refractivity contribution < 1.29 is 9.47 Å². The molecule has 50 valence electrons. The summed E-state index contributed by atoms with van der Waals surface area (Å²) in [6.07, 6.45) is 7.12. The summed E-state index contributed by atoms with van der Waals surface area (Å²) in [5.41, 5.74) is 0. The van der Waals surface area contributed by atoms with Gasteiger partial charge in [-0.3, -0.25) is 0 Å². The molecular formula is C7H10O2. The molecular weight excluding hydrogens is 116 g/mol. The van der Waals surface area contributed by atoms with Crippen LogP contribution in [0.25, 0.3) is 0 Å². The second-order valence-electron chi connectivity index (χ2n) is 1.82. The highest BCUT2D eigenvalue weighted by molar-refractivity contribution is 4.92. The molecule has 9 heavy (non-hydrogen) atoms. The topological polar surface area (TPSA) is 18.5 Å². The number of ether oxygens (including phenoxy) is 2. The summed E-state index contributed by atoms with van der Waals surface area (Å²) in [6, 6.07) is 0. The Kier molecular flexibility index (Phi) is 2.19. The van der Waals surface area contributed by atoms with Gasteiger partial charge >= 0.3 is 0 Å². The van der Waals surface area contributed by atoms with Crippen LogP contribution in [0.5, 0.6) is 0 Å². The van der Waals surface area contributed by atoms with Gasteiger partial charge in [0.05, 0.1) is 0 Å². The van der Waals surface area contributed by atoms with E-state index in [9.17, 15) is 0 Å². The molecule has 0 unspecified atom stereocenters. The summed E-state index contributed by atoms with van der Waals surface area (Å²) < 4.78 is 9.83. The molecule has 0 amide bonds. The maximum atomic E-state index is 4.91. The molecule has 0 aliphatic carbocycles. The molecule has 0 aromatic rings. The molecule has 0 aromatic heterocycles. The lowest BCUT2D eigenvalue weighted by atomic mass is 10.3. The Morgan fingerprint density at radius 1 is 1.44 bits per heavy atom. The molecule has 0 saturated heterocycles. The highest BCUT2D eigenvalue weighted by atomic mass is 16.7. The minimum atomic E-state index is 0.608. The first-order valence-electron chi connectivity index (χ1n) is 3.12. The summed E-state index contributed by atoms with van der Waals surface area (Å²) in [6.45, 7) is 2.11. The summed E-state index contributed by atoms with van der Waals surface area (Å²) >= 11 is 0. The largest absolute Gasteiger partial charge is 0.431 e. The average molecular weight is 126 g/mol. The van der Waals surface area contributed by atoms with E-state index in [1.165, 1.54) is 12.5 Å². The monoisotopic (exact) mass is 126 g/mol. The van der Waals surface area contributed by atoms with Gasteiger partial charge in [-0.25, -0.2) is 0 Å². The van der Waals surface area contributed by atoms with E-state index in [0.29, 0.717) is 5.95 Å². The van der Waals surface area contributed by atoms with Crippen LogP contribution in [-0.2, 0) is 9.47 Å².